The van der Waals surface area contributed by atoms with Crippen LogP contribution in [0, 0.1) is 11.7 Å². The van der Waals surface area contributed by atoms with Crippen LogP contribution in [-0.4, -0.2) is 39.6 Å². The molecule has 0 aliphatic heterocycles. The Bertz CT molecular complexity index is 1250. The van der Waals surface area contributed by atoms with E-state index < -0.39 is 5.82 Å². The van der Waals surface area contributed by atoms with E-state index in [4.69, 9.17) is 4.98 Å². The summed E-state index contributed by atoms with van der Waals surface area (Å²) in [6, 6.07) is 10.3. The average molecular weight is 433 g/mol. The predicted octanol–water partition coefficient (Wildman–Crippen LogP) is 4.10. The van der Waals surface area contributed by atoms with Gasteiger partial charge in [0.25, 0.3) is 0 Å². The molecular formula is C24H25FN6O. The van der Waals surface area contributed by atoms with Crippen LogP contribution in [0.15, 0.2) is 55.0 Å². The summed E-state index contributed by atoms with van der Waals surface area (Å²) in [5.41, 5.74) is 9.56. The fraction of sp³-hybridized carbons (Fsp3) is 0.250. The Balaban J connectivity index is 0.00000119. The Kier molecular flexibility index (Phi) is 6.23. The van der Waals surface area contributed by atoms with Crippen LogP contribution < -0.4 is 10.6 Å². The highest BCUT2D eigenvalue weighted by Gasteiger charge is 2.26. The molecule has 1 fully saturated rings. The van der Waals surface area contributed by atoms with Crippen molar-refractivity contribution in [1.29, 1.82) is 0 Å². The summed E-state index contributed by atoms with van der Waals surface area (Å²) >= 11 is 0. The van der Waals surface area contributed by atoms with E-state index in [1.54, 1.807) is 23.1 Å². The maximum atomic E-state index is 14.1. The van der Waals surface area contributed by atoms with E-state index in [1.165, 1.54) is 19.2 Å². The molecule has 5 rings (SSSR count). The summed E-state index contributed by atoms with van der Waals surface area (Å²) < 4.78 is 15.8. The zero-order valence-electron chi connectivity index (χ0n) is 18.1. The van der Waals surface area contributed by atoms with E-state index >= 15 is 0 Å². The van der Waals surface area contributed by atoms with Gasteiger partial charge in [0.1, 0.15) is 12.1 Å². The minimum Gasteiger partial charge on any atom is -0.341 e. The molecule has 1 aliphatic rings. The van der Waals surface area contributed by atoms with Crippen LogP contribution in [0.1, 0.15) is 23.2 Å². The first-order valence-corrected chi connectivity index (χ1v) is 10.5. The number of rotatable bonds is 6. The van der Waals surface area contributed by atoms with Gasteiger partial charge in [-0.25, -0.2) is 9.37 Å². The van der Waals surface area contributed by atoms with Crippen LogP contribution in [0.2, 0.25) is 0 Å². The molecule has 2 N–H and O–H groups in total. The molecule has 164 valence electrons. The van der Waals surface area contributed by atoms with Gasteiger partial charge in [0.05, 0.1) is 29.1 Å². The van der Waals surface area contributed by atoms with Gasteiger partial charge < -0.3 is 10.6 Å². The number of benzene rings is 2. The molecule has 0 spiro atoms. The molecule has 2 aromatic heterocycles. The fourth-order valence-electron chi connectivity index (χ4n) is 3.60. The smallest absolute Gasteiger partial charge is 0.150 e. The summed E-state index contributed by atoms with van der Waals surface area (Å²) in [5.74, 6) is 0.145. The lowest BCUT2D eigenvalue weighted by molar-refractivity contribution is 0.112. The number of fused-ring (bicyclic) bond motifs is 1. The molecule has 0 unspecified atom stereocenters. The van der Waals surface area contributed by atoms with Crippen molar-refractivity contribution in [3.05, 3.63) is 66.4 Å². The molecule has 0 amide bonds. The first kappa shape index (κ1) is 21.6. The van der Waals surface area contributed by atoms with E-state index in [-0.39, 0.29) is 0 Å². The molecule has 2 heterocycles. The lowest BCUT2D eigenvalue weighted by atomic mass is 10.1. The van der Waals surface area contributed by atoms with Gasteiger partial charge in [0, 0.05) is 42.3 Å². The maximum Gasteiger partial charge on any atom is 0.150 e. The van der Waals surface area contributed by atoms with Crippen molar-refractivity contribution in [2.45, 2.75) is 12.8 Å². The summed E-state index contributed by atoms with van der Waals surface area (Å²) in [6.45, 7) is 0.767. The average Bonchev–Trinajstić information content (AvgIpc) is 3.54. The quantitative estimate of drug-likeness (QED) is 0.461. The van der Waals surface area contributed by atoms with E-state index in [9.17, 15) is 9.18 Å². The SMILES string of the molecule is CN.Cn1cc(-c2cnc3ccc(N(CC4CC4)c4cc(F)cc(C=O)c4)cc3n2)cn1. The predicted molar refractivity (Wildman–Crippen MR) is 123 cm³/mol. The molecule has 32 heavy (non-hydrogen) atoms. The number of hydrogen-bond acceptors (Lipinski definition) is 6. The van der Waals surface area contributed by atoms with Gasteiger partial charge >= 0.3 is 0 Å². The molecule has 2 aromatic carbocycles. The number of carbonyl (C=O) groups is 1. The summed E-state index contributed by atoms with van der Waals surface area (Å²) in [6.07, 6.45) is 8.38. The lowest BCUT2D eigenvalue weighted by Gasteiger charge is -2.25. The Morgan fingerprint density at radius 2 is 1.94 bits per heavy atom. The molecule has 0 atom stereocenters. The Labute approximate surface area is 185 Å². The van der Waals surface area contributed by atoms with Gasteiger partial charge in [-0.05, 0) is 62.2 Å². The highest BCUT2D eigenvalue weighted by molar-refractivity contribution is 5.83. The highest BCUT2D eigenvalue weighted by Crippen LogP contribution is 2.36. The Morgan fingerprint density at radius 1 is 1.12 bits per heavy atom. The molecule has 1 saturated carbocycles. The zero-order chi connectivity index (χ0) is 22.7. The molecule has 7 nitrogen and oxygen atoms in total. The minimum absolute atomic E-state index is 0.324. The topological polar surface area (TPSA) is 89.9 Å². The van der Waals surface area contributed by atoms with E-state index in [0.717, 1.165) is 47.4 Å². The number of halogens is 1. The van der Waals surface area contributed by atoms with Crippen LogP contribution in [-0.2, 0) is 7.05 Å². The number of aromatic nitrogens is 4. The molecule has 4 aromatic rings. The number of nitrogens with two attached hydrogens (primary N) is 1. The maximum absolute atomic E-state index is 14.1. The minimum atomic E-state index is -0.421. The number of nitrogens with zero attached hydrogens (tertiary/aromatic N) is 5. The van der Waals surface area contributed by atoms with Gasteiger partial charge in [0.15, 0.2) is 0 Å². The molecule has 0 saturated heterocycles. The Morgan fingerprint density at radius 3 is 2.62 bits per heavy atom. The van der Waals surface area contributed by atoms with Gasteiger partial charge in [-0.2, -0.15) is 5.10 Å². The fourth-order valence-corrected chi connectivity index (χ4v) is 3.60. The summed E-state index contributed by atoms with van der Waals surface area (Å²) in [7, 11) is 3.36. The van der Waals surface area contributed by atoms with Crippen LogP contribution in [0.25, 0.3) is 22.3 Å². The first-order valence-electron chi connectivity index (χ1n) is 10.5. The third kappa shape index (κ3) is 4.65. The normalized spacial score (nSPS) is 12.9. The second-order valence-corrected chi connectivity index (χ2v) is 7.75. The van der Waals surface area contributed by atoms with Gasteiger partial charge in [-0.15, -0.1) is 0 Å². The van der Waals surface area contributed by atoms with Crippen LogP contribution >= 0.6 is 0 Å². The third-order valence-electron chi connectivity index (χ3n) is 5.33. The lowest BCUT2D eigenvalue weighted by Crippen LogP contribution is -2.20. The van der Waals surface area contributed by atoms with Gasteiger partial charge in [0.2, 0.25) is 0 Å². The monoisotopic (exact) mass is 432 g/mol. The van der Waals surface area contributed by atoms with Crippen LogP contribution in [0.5, 0.6) is 0 Å². The largest absolute Gasteiger partial charge is 0.341 e. The molecule has 0 radical (unpaired) electrons. The van der Waals surface area contributed by atoms with E-state index in [1.807, 2.05) is 31.4 Å². The molecule has 8 heteroatoms. The first-order chi connectivity index (χ1) is 15.6. The van der Waals surface area contributed by atoms with E-state index in [2.05, 4.69) is 20.7 Å². The molecule has 0 bridgehead atoms. The van der Waals surface area contributed by atoms with Crippen molar-refractivity contribution in [1.82, 2.24) is 19.7 Å². The second kappa shape index (κ2) is 9.23. The molecular weight excluding hydrogens is 407 g/mol. The van der Waals surface area contributed by atoms with Crippen molar-refractivity contribution in [2.75, 3.05) is 18.5 Å². The van der Waals surface area contributed by atoms with Crippen LogP contribution in [0.4, 0.5) is 15.8 Å². The number of carbonyl (C=O) groups excluding carboxylic acids is 1. The van der Waals surface area contributed by atoms with Crippen molar-refractivity contribution in [2.24, 2.45) is 18.7 Å². The van der Waals surface area contributed by atoms with Crippen molar-refractivity contribution >= 4 is 28.7 Å². The van der Waals surface area contributed by atoms with Crippen molar-refractivity contribution in [3.8, 4) is 11.3 Å². The number of aryl methyl sites for hydroxylation is 1. The van der Waals surface area contributed by atoms with E-state index in [0.29, 0.717) is 23.5 Å². The Hall–Kier alpha value is -3.65. The van der Waals surface area contributed by atoms with Gasteiger partial charge in [-0.3, -0.25) is 14.5 Å². The number of hydrogen-bond donors (Lipinski definition) is 1. The standard InChI is InChI=1S/C23H20FN5O.CH5N/c1-28-13-17(10-26-28)23-11-25-21-5-4-19(9-22(21)27-23)29(12-15-2-3-15)20-7-16(14-30)6-18(24)8-20;1-2/h4-11,13-15H,2-3,12H2,1H3;2H2,1H3. The highest BCUT2D eigenvalue weighted by atomic mass is 19.1. The van der Waals surface area contributed by atoms with Gasteiger partial charge in [-0.1, -0.05) is 0 Å². The third-order valence-corrected chi connectivity index (χ3v) is 5.33. The van der Waals surface area contributed by atoms with Crippen molar-refractivity contribution in [3.63, 3.8) is 0 Å². The summed E-state index contributed by atoms with van der Waals surface area (Å²) in [5, 5.41) is 4.20. The number of aldehydes is 1. The summed E-state index contributed by atoms with van der Waals surface area (Å²) in [4.78, 5) is 22.6. The van der Waals surface area contributed by atoms with Crippen LogP contribution in [0.3, 0.4) is 0 Å². The zero-order valence-corrected chi connectivity index (χ0v) is 18.1. The molecule has 1 aliphatic carbocycles. The second-order valence-electron chi connectivity index (χ2n) is 7.75. The van der Waals surface area contributed by atoms with Crippen molar-refractivity contribution < 1.29 is 9.18 Å². The number of anilines is 2.